The first-order valence-electron chi connectivity index (χ1n) is 8.68. The molecule has 4 nitrogen and oxygen atoms in total. The molecule has 2 aliphatic heterocycles. The molecule has 1 saturated carbocycles. The summed E-state index contributed by atoms with van der Waals surface area (Å²) in [7, 11) is 0. The summed E-state index contributed by atoms with van der Waals surface area (Å²) in [4.78, 5) is 2.61. The fourth-order valence-electron chi connectivity index (χ4n) is 4.06. The van der Waals surface area contributed by atoms with Gasteiger partial charge < -0.3 is 14.8 Å². The minimum Gasteiger partial charge on any atom is -0.381 e. The van der Waals surface area contributed by atoms with E-state index in [0.29, 0.717) is 11.5 Å². The zero-order valence-electron chi connectivity index (χ0n) is 14.0. The lowest BCUT2D eigenvalue weighted by atomic mass is 9.81. The molecule has 2 atom stereocenters. The van der Waals surface area contributed by atoms with Crippen LogP contribution in [-0.2, 0) is 9.47 Å². The van der Waals surface area contributed by atoms with Gasteiger partial charge in [0.2, 0.25) is 0 Å². The fourth-order valence-corrected chi connectivity index (χ4v) is 4.06. The summed E-state index contributed by atoms with van der Waals surface area (Å²) in [5.41, 5.74) is 0.270. The Balaban J connectivity index is 1.62. The average molecular weight is 296 g/mol. The van der Waals surface area contributed by atoms with E-state index in [1.165, 1.54) is 25.7 Å². The van der Waals surface area contributed by atoms with Crippen molar-refractivity contribution in [1.29, 1.82) is 0 Å². The van der Waals surface area contributed by atoms with Gasteiger partial charge in [-0.05, 0) is 46.5 Å². The van der Waals surface area contributed by atoms with Crippen molar-refractivity contribution in [2.24, 2.45) is 5.41 Å². The molecule has 0 aromatic heterocycles. The van der Waals surface area contributed by atoms with Crippen LogP contribution in [0.2, 0.25) is 0 Å². The molecule has 0 spiro atoms. The Morgan fingerprint density at radius 3 is 2.71 bits per heavy atom. The third-order valence-corrected chi connectivity index (χ3v) is 4.95. The molecule has 0 radical (unpaired) electrons. The van der Waals surface area contributed by atoms with E-state index in [4.69, 9.17) is 9.47 Å². The van der Waals surface area contributed by atoms with E-state index >= 15 is 0 Å². The molecule has 1 aliphatic carbocycles. The van der Waals surface area contributed by atoms with Gasteiger partial charge in [0.1, 0.15) is 0 Å². The Kier molecular flexibility index (Phi) is 4.60. The normalized spacial score (nSPS) is 37.6. The third-order valence-electron chi connectivity index (χ3n) is 4.95. The van der Waals surface area contributed by atoms with E-state index < -0.39 is 0 Å². The third kappa shape index (κ3) is 4.41. The second kappa shape index (κ2) is 6.15. The Bertz CT molecular complexity index is 349. The van der Waals surface area contributed by atoms with Gasteiger partial charge in [-0.2, -0.15) is 0 Å². The van der Waals surface area contributed by atoms with Crippen LogP contribution in [0, 0.1) is 5.41 Å². The number of ether oxygens (including phenoxy) is 2. The highest BCUT2D eigenvalue weighted by atomic mass is 16.5. The Labute approximate surface area is 129 Å². The predicted octanol–water partition coefficient (Wildman–Crippen LogP) is 2.03. The number of nitrogens with one attached hydrogen (secondary N) is 1. The fraction of sp³-hybridized carbons (Fsp3) is 1.00. The maximum absolute atomic E-state index is 6.05. The van der Waals surface area contributed by atoms with Crippen LogP contribution in [0.1, 0.15) is 46.5 Å². The lowest BCUT2D eigenvalue weighted by molar-refractivity contribution is -0.141. The van der Waals surface area contributed by atoms with E-state index in [1.807, 2.05) is 0 Å². The van der Waals surface area contributed by atoms with E-state index in [2.05, 4.69) is 31.0 Å². The van der Waals surface area contributed by atoms with Crippen molar-refractivity contribution in [3.8, 4) is 0 Å². The topological polar surface area (TPSA) is 33.7 Å². The Morgan fingerprint density at radius 2 is 2.10 bits per heavy atom. The largest absolute Gasteiger partial charge is 0.381 e. The maximum atomic E-state index is 6.05. The zero-order chi connectivity index (χ0) is 14.9. The standard InChI is InChI=1S/C17H32N2O2/c1-14-9-19(11-16(2,3)21-14)12-17(7-4-8-20-13-17)10-18-15-5-6-15/h14-15,18H,4-13H2,1-3H3. The highest BCUT2D eigenvalue weighted by Gasteiger charge is 2.39. The molecule has 0 aromatic carbocycles. The van der Waals surface area contributed by atoms with Gasteiger partial charge in [-0.15, -0.1) is 0 Å². The summed E-state index contributed by atoms with van der Waals surface area (Å²) >= 11 is 0. The molecular weight excluding hydrogens is 264 g/mol. The molecule has 3 rings (SSSR count). The molecule has 1 N–H and O–H groups in total. The van der Waals surface area contributed by atoms with Gasteiger partial charge in [0.15, 0.2) is 0 Å². The number of rotatable bonds is 5. The van der Waals surface area contributed by atoms with Gasteiger partial charge in [-0.25, -0.2) is 0 Å². The summed E-state index contributed by atoms with van der Waals surface area (Å²) in [6.07, 6.45) is 5.54. The second-order valence-corrected chi connectivity index (χ2v) is 8.17. The monoisotopic (exact) mass is 296 g/mol. The Hall–Kier alpha value is -0.160. The lowest BCUT2D eigenvalue weighted by Gasteiger charge is -2.47. The molecular formula is C17H32N2O2. The SMILES string of the molecule is CC1CN(CC2(CNC3CC3)CCCOC2)CC(C)(C)O1. The van der Waals surface area contributed by atoms with Gasteiger partial charge >= 0.3 is 0 Å². The quantitative estimate of drug-likeness (QED) is 0.842. The van der Waals surface area contributed by atoms with E-state index in [1.54, 1.807) is 0 Å². The van der Waals surface area contributed by atoms with Crippen molar-refractivity contribution in [2.45, 2.75) is 64.2 Å². The molecule has 0 aromatic rings. The zero-order valence-corrected chi connectivity index (χ0v) is 14.0. The number of hydrogen-bond acceptors (Lipinski definition) is 4. The highest BCUT2D eigenvalue weighted by Crippen LogP contribution is 2.33. The van der Waals surface area contributed by atoms with Gasteiger partial charge in [0, 0.05) is 44.2 Å². The average Bonchev–Trinajstić information content (AvgIpc) is 3.19. The van der Waals surface area contributed by atoms with E-state index in [-0.39, 0.29) is 5.60 Å². The van der Waals surface area contributed by atoms with Crippen LogP contribution < -0.4 is 5.32 Å². The van der Waals surface area contributed by atoms with E-state index in [0.717, 1.165) is 45.4 Å². The first kappa shape index (κ1) is 15.7. The minimum absolute atomic E-state index is 0.0295. The van der Waals surface area contributed by atoms with Crippen LogP contribution in [0.3, 0.4) is 0 Å². The molecule has 3 fully saturated rings. The summed E-state index contributed by atoms with van der Waals surface area (Å²) in [5.74, 6) is 0. The van der Waals surface area contributed by atoms with Crippen molar-refractivity contribution in [2.75, 3.05) is 39.4 Å². The lowest BCUT2D eigenvalue weighted by Crippen LogP contribution is -2.57. The van der Waals surface area contributed by atoms with Crippen LogP contribution in [0.4, 0.5) is 0 Å². The van der Waals surface area contributed by atoms with Crippen LogP contribution in [0.5, 0.6) is 0 Å². The summed E-state index contributed by atoms with van der Waals surface area (Å²) in [5, 5.41) is 3.75. The van der Waals surface area contributed by atoms with Crippen molar-refractivity contribution >= 4 is 0 Å². The first-order valence-corrected chi connectivity index (χ1v) is 8.68. The molecule has 122 valence electrons. The smallest absolute Gasteiger partial charge is 0.0757 e. The molecule has 2 heterocycles. The van der Waals surface area contributed by atoms with Gasteiger partial charge in [-0.1, -0.05) is 0 Å². The van der Waals surface area contributed by atoms with Crippen LogP contribution in [-0.4, -0.2) is 62.0 Å². The summed E-state index contributed by atoms with van der Waals surface area (Å²) < 4.78 is 11.9. The second-order valence-electron chi connectivity index (χ2n) is 8.17. The number of hydrogen-bond donors (Lipinski definition) is 1. The summed E-state index contributed by atoms with van der Waals surface area (Å²) in [6.45, 7) is 12.8. The van der Waals surface area contributed by atoms with E-state index in [9.17, 15) is 0 Å². The van der Waals surface area contributed by atoms with Crippen LogP contribution in [0.15, 0.2) is 0 Å². The summed E-state index contributed by atoms with van der Waals surface area (Å²) in [6, 6.07) is 0.781. The molecule has 3 aliphatic rings. The van der Waals surface area contributed by atoms with Crippen molar-refractivity contribution in [1.82, 2.24) is 10.2 Å². The minimum atomic E-state index is -0.0295. The predicted molar refractivity (Wildman–Crippen MR) is 84.6 cm³/mol. The molecule has 2 saturated heterocycles. The van der Waals surface area contributed by atoms with Gasteiger partial charge in [-0.3, -0.25) is 4.90 Å². The molecule has 0 bridgehead atoms. The highest BCUT2D eigenvalue weighted by molar-refractivity contribution is 4.93. The Morgan fingerprint density at radius 1 is 1.29 bits per heavy atom. The first-order chi connectivity index (χ1) is 9.96. The van der Waals surface area contributed by atoms with Gasteiger partial charge in [0.25, 0.3) is 0 Å². The number of nitrogens with zero attached hydrogens (tertiary/aromatic N) is 1. The van der Waals surface area contributed by atoms with Crippen LogP contribution >= 0.6 is 0 Å². The van der Waals surface area contributed by atoms with Gasteiger partial charge in [0.05, 0.1) is 18.3 Å². The maximum Gasteiger partial charge on any atom is 0.0757 e. The van der Waals surface area contributed by atoms with Crippen LogP contribution in [0.25, 0.3) is 0 Å². The van der Waals surface area contributed by atoms with Crippen molar-refractivity contribution in [3.05, 3.63) is 0 Å². The van der Waals surface area contributed by atoms with Crippen molar-refractivity contribution in [3.63, 3.8) is 0 Å². The molecule has 21 heavy (non-hydrogen) atoms. The molecule has 4 heteroatoms. The molecule has 2 unspecified atom stereocenters. The molecule has 0 amide bonds. The number of morpholine rings is 1. The van der Waals surface area contributed by atoms with Crippen molar-refractivity contribution < 1.29 is 9.47 Å².